The second kappa shape index (κ2) is 12.3. The van der Waals surface area contributed by atoms with Crippen LogP contribution >= 0.6 is 0 Å². The smallest absolute Gasteiger partial charge is 0.338 e. The van der Waals surface area contributed by atoms with Crippen LogP contribution in [-0.2, 0) is 29.0 Å². The first kappa shape index (κ1) is 26.1. The first-order valence-electron chi connectivity index (χ1n) is 12.6. The SMILES string of the molecule is COCCn1cnc2ccc(C(=O)OCCc3ccc(-c4cccc(OCc5ccccc5)n4)cc3F)cc21. The van der Waals surface area contributed by atoms with Crippen molar-refractivity contribution in [2.24, 2.45) is 0 Å². The van der Waals surface area contributed by atoms with E-state index in [-0.39, 0.29) is 18.8 Å². The van der Waals surface area contributed by atoms with Crippen LogP contribution in [0.5, 0.6) is 5.88 Å². The van der Waals surface area contributed by atoms with Crippen molar-refractivity contribution >= 4 is 17.0 Å². The zero-order chi connectivity index (χ0) is 27.0. The zero-order valence-electron chi connectivity index (χ0n) is 21.5. The molecule has 3 aromatic carbocycles. The van der Waals surface area contributed by atoms with E-state index in [2.05, 4.69) is 9.97 Å². The van der Waals surface area contributed by atoms with Crippen molar-refractivity contribution in [2.75, 3.05) is 20.3 Å². The molecule has 5 aromatic rings. The molecule has 0 N–H and O–H groups in total. The maximum absolute atomic E-state index is 14.9. The van der Waals surface area contributed by atoms with E-state index >= 15 is 0 Å². The second-order valence-electron chi connectivity index (χ2n) is 8.96. The molecule has 39 heavy (non-hydrogen) atoms. The molecule has 0 aliphatic heterocycles. The van der Waals surface area contributed by atoms with Gasteiger partial charge in [-0.15, -0.1) is 0 Å². The monoisotopic (exact) mass is 525 g/mol. The summed E-state index contributed by atoms with van der Waals surface area (Å²) in [5.74, 6) is -0.387. The fourth-order valence-electron chi connectivity index (χ4n) is 4.19. The lowest BCUT2D eigenvalue weighted by atomic mass is 10.1. The molecule has 0 saturated carbocycles. The molecule has 0 bridgehead atoms. The Hall–Kier alpha value is -4.56. The van der Waals surface area contributed by atoms with Gasteiger partial charge in [-0.25, -0.2) is 19.2 Å². The summed E-state index contributed by atoms with van der Waals surface area (Å²) < 4.78 is 33.2. The van der Waals surface area contributed by atoms with Gasteiger partial charge in [-0.2, -0.15) is 0 Å². The number of esters is 1. The van der Waals surface area contributed by atoms with E-state index in [0.717, 1.165) is 16.6 Å². The lowest BCUT2D eigenvalue weighted by molar-refractivity contribution is 0.0508. The molecule has 2 aromatic heterocycles. The number of methoxy groups -OCH3 is 1. The molecule has 8 heteroatoms. The van der Waals surface area contributed by atoms with Crippen LogP contribution in [0.15, 0.2) is 91.3 Å². The molecule has 0 aliphatic carbocycles. The fraction of sp³-hybridized carbons (Fsp3) is 0.194. The van der Waals surface area contributed by atoms with Crippen LogP contribution in [0.1, 0.15) is 21.5 Å². The Bertz CT molecular complexity index is 1570. The summed E-state index contributed by atoms with van der Waals surface area (Å²) in [5, 5.41) is 0. The van der Waals surface area contributed by atoms with Crippen LogP contribution in [-0.4, -0.2) is 40.8 Å². The van der Waals surface area contributed by atoms with Crippen molar-refractivity contribution in [3.05, 3.63) is 114 Å². The number of rotatable bonds is 11. The predicted octanol–water partition coefficient (Wildman–Crippen LogP) is 5.86. The summed E-state index contributed by atoms with van der Waals surface area (Å²) in [7, 11) is 1.63. The molecular weight excluding hydrogens is 497 g/mol. The fourth-order valence-corrected chi connectivity index (χ4v) is 4.19. The third-order valence-electron chi connectivity index (χ3n) is 6.30. The number of hydrogen-bond acceptors (Lipinski definition) is 6. The van der Waals surface area contributed by atoms with Gasteiger partial charge in [0.15, 0.2) is 0 Å². The Labute approximate surface area is 225 Å². The van der Waals surface area contributed by atoms with Gasteiger partial charge in [0.25, 0.3) is 0 Å². The minimum Gasteiger partial charge on any atom is -0.473 e. The van der Waals surface area contributed by atoms with Crippen molar-refractivity contribution in [3.8, 4) is 17.1 Å². The molecule has 0 amide bonds. The summed E-state index contributed by atoms with van der Waals surface area (Å²) in [6.45, 7) is 1.61. The quantitative estimate of drug-likeness (QED) is 0.201. The highest BCUT2D eigenvalue weighted by atomic mass is 19.1. The maximum Gasteiger partial charge on any atom is 0.338 e. The van der Waals surface area contributed by atoms with Crippen LogP contribution in [0.25, 0.3) is 22.3 Å². The molecular formula is C31H28FN3O4. The standard InChI is InChI=1S/C31H28FN3O4/c1-37-17-15-35-21-33-28-13-12-25(19-29(28)35)31(36)38-16-14-23-10-11-24(18-26(23)32)27-8-5-9-30(34-27)39-20-22-6-3-2-4-7-22/h2-13,18-19,21H,14-17,20H2,1H3. The molecule has 0 atom stereocenters. The normalized spacial score (nSPS) is 11.0. The molecule has 7 nitrogen and oxygen atoms in total. The number of carbonyl (C=O) groups is 1. The molecule has 0 spiro atoms. The van der Waals surface area contributed by atoms with Crippen molar-refractivity contribution in [1.29, 1.82) is 0 Å². The molecule has 0 radical (unpaired) electrons. The largest absolute Gasteiger partial charge is 0.473 e. The zero-order valence-corrected chi connectivity index (χ0v) is 21.5. The van der Waals surface area contributed by atoms with Gasteiger partial charge >= 0.3 is 5.97 Å². The van der Waals surface area contributed by atoms with E-state index < -0.39 is 5.97 Å². The van der Waals surface area contributed by atoms with Crippen LogP contribution in [0.2, 0.25) is 0 Å². The third kappa shape index (κ3) is 6.48. The van der Waals surface area contributed by atoms with E-state index in [9.17, 15) is 9.18 Å². The predicted molar refractivity (Wildman–Crippen MR) is 146 cm³/mol. The Kier molecular flexibility index (Phi) is 8.23. The van der Waals surface area contributed by atoms with Crippen molar-refractivity contribution < 1.29 is 23.4 Å². The highest BCUT2D eigenvalue weighted by Gasteiger charge is 2.13. The first-order valence-corrected chi connectivity index (χ1v) is 12.6. The number of imidazole rings is 1. The van der Waals surface area contributed by atoms with Gasteiger partial charge in [0.05, 0.1) is 41.8 Å². The van der Waals surface area contributed by atoms with E-state index in [1.807, 2.05) is 47.0 Å². The third-order valence-corrected chi connectivity index (χ3v) is 6.30. The van der Waals surface area contributed by atoms with Gasteiger partial charge < -0.3 is 18.8 Å². The van der Waals surface area contributed by atoms with Crippen molar-refractivity contribution in [3.63, 3.8) is 0 Å². The first-order chi connectivity index (χ1) is 19.1. The number of benzene rings is 3. The van der Waals surface area contributed by atoms with Crippen LogP contribution in [0, 0.1) is 5.82 Å². The molecule has 5 rings (SSSR count). The van der Waals surface area contributed by atoms with Gasteiger partial charge in [-0.3, -0.25) is 0 Å². The van der Waals surface area contributed by atoms with Gasteiger partial charge in [0.1, 0.15) is 12.4 Å². The Morgan fingerprint density at radius 1 is 0.949 bits per heavy atom. The minimum absolute atomic E-state index is 0.0527. The summed E-state index contributed by atoms with van der Waals surface area (Å²) >= 11 is 0. The van der Waals surface area contributed by atoms with Crippen LogP contribution < -0.4 is 4.74 Å². The number of ether oxygens (including phenoxy) is 3. The highest BCUT2D eigenvalue weighted by molar-refractivity contribution is 5.93. The number of halogens is 1. The van der Waals surface area contributed by atoms with Crippen molar-refractivity contribution in [2.45, 2.75) is 19.6 Å². The van der Waals surface area contributed by atoms with E-state index in [4.69, 9.17) is 14.2 Å². The van der Waals surface area contributed by atoms with Gasteiger partial charge in [0, 0.05) is 31.7 Å². The molecule has 198 valence electrons. The Morgan fingerprint density at radius 2 is 1.82 bits per heavy atom. The van der Waals surface area contributed by atoms with Crippen molar-refractivity contribution in [1.82, 2.24) is 14.5 Å². The molecule has 2 heterocycles. The number of nitrogens with zero attached hydrogens (tertiary/aromatic N) is 3. The number of fused-ring (bicyclic) bond motifs is 1. The van der Waals surface area contributed by atoms with Gasteiger partial charge in [0.2, 0.25) is 5.88 Å². The lowest BCUT2D eigenvalue weighted by Crippen LogP contribution is -2.09. The topological polar surface area (TPSA) is 75.5 Å². The van der Waals surface area contributed by atoms with E-state index in [0.29, 0.717) is 48.0 Å². The number of pyridine rings is 1. The summed E-state index contributed by atoms with van der Waals surface area (Å²) in [5.41, 5.74) is 4.76. The minimum atomic E-state index is -0.468. The Morgan fingerprint density at radius 3 is 2.64 bits per heavy atom. The lowest BCUT2D eigenvalue weighted by Gasteiger charge is -2.10. The van der Waals surface area contributed by atoms with Gasteiger partial charge in [-0.05, 0) is 41.5 Å². The summed E-state index contributed by atoms with van der Waals surface area (Å²) in [4.78, 5) is 21.5. The number of hydrogen-bond donors (Lipinski definition) is 0. The molecule has 0 aliphatic rings. The van der Waals surface area contributed by atoms with Gasteiger partial charge in [-0.1, -0.05) is 48.5 Å². The average molecular weight is 526 g/mol. The van der Waals surface area contributed by atoms with Crippen LogP contribution in [0.4, 0.5) is 4.39 Å². The molecule has 0 fully saturated rings. The number of aromatic nitrogens is 3. The van der Waals surface area contributed by atoms with E-state index in [1.54, 1.807) is 49.8 Å². The molecule has 0 saturated heterocycles. The summed E-state index contributed by atoms with van der Waals surface area (Å²) in [6, 6.07) is 25.4. The molecule has 0 unspecified atom stereocenters. The maximum atomic E-state index is 14.9. The average Bonchev–Trinajstić information content (AvgIpc) is 3.38. The van der Waals surface area contributed by atoms with Crippen LogP contribution in [0.3, 0.4) is 0 Å². The van der Waals surface area contributed by atoms with E-state index in [1.165, 1.54) is 6.07 Å². The Balaban J connectivity index is 1.18. The number of carbonyl (C=O) groups excluding carboxylic acids is 1. The highest BCUT2D eigenvalue weighted by Crippen LogP contribution is 2.23. The second-order valence-corrected chi connectivity index (χ2v) is 8.96. The summed E-state index contributed by atoms with van der Waals surface area (Å²) in [6.07, 6.45) is 1.97.